The van der Waals surface area contributed by atoms with Gasteiger partial charge in [-0.2, -0.15) is 4.58 Å². The highest BCUT2D eigenvalue weighted by Crippen LogP contribution is 2.39. The minimum atomic E-state index is 0.0467. The second kappa shape index (κ2) is 5.41. The molecule has 0 bridgehead atoms. The third-order valence-corrected chi connectivity index (χ3v) is 4.96. The predicted molar refractivity (Wildman–Crippen MR) is 98.5 cm³/mol. The second-order valence-corrected chi connectivity index (χ2v) is 7.22. The summed E-state index contributed by atoms with van der Waals surface area (Å²) in [7, 11) is 2.15. The topological polar surface area (TPSA) is 3.01 Å². The molecule has 1 nitrogen and oxygen atoms in total. The first-order valence-corrected chi connectivity index (χ1v) is 8.22. The number of rotatable bonds is 2. The zero-order valence-corrected chi connectivity index (χ0v) is 14.8. The lowest BCUT2D eigenvalue weighted by Crippen LogP contribution is -2.26. The fraction of sp³-hybridized carbons (Fsp3) is 0.211. The maximum atomic E-state index is 2.33. The molecule has 0 saturated carbocycles. The van der Waals surface area contributed by atoms with Crippen LogP contribution in [0.15, 0.2) is 54.6 Å². The number of nitrogens with zero attached hydrogens (tertiary/aromatic N) is 1. The first-order valence-electron chi connectivity index (χ1n) is 7.14. The maximum Gasteiger partial charge on any atom is 0.209 e. The van der Waals surface area contributed by atoms with Crippen molar-refractivity contribution in [2.45, 2.75) is 19.3 Å². The van der Waals surface area contributed by atoms with E-state index in [1.54, 1.807) is 0 Å². The monoisotopic (exact) mass is 388 g/mol. The van der Waals surface area contributed by atoms with Crippen molar-refractivity contribution >= 4 is 40.1 Å². The summed E-state index contributed by atoms with van der Waals surface area (Å²) in [6.07, 6.45) is 4.46. The molecule has 106 valence electrons. The molecule has 2 aromatic rings. The number of allylic oxidation sites excluding steroid dienone is 1. The molecule has 0 atom stereocenters. The molecule has 2 heteroatoms. The smallest absolute Gasteiger partial charge is 0.198 e. The van der Waals surface area contributed by atoms with Crippen LogP contribution >= 0.6 is 22.6 Å². The quantitative estimate of drug-likeness (QED) is 0.503. The van der Waals surface area contributed by atoms with Gasteiger partial charge in [0, 0.05) is 21.3 Å². The van der Waals surface area contributed by atoms with E-state index in [4.69, 9.17) is 0 Å². The van der Waals surface area contributed by atoms with E-state index in [1.165, 1.54) is 26.1 Å². The molecule has 0 N–H and O–H groups in total. The molecule has 0 aliphatic carbocycles. The summed E-state index contributed by atoms with van der Waals surface area (Å²) >= 11 is 2.33. The van der Waals surface area contributed by atoms with Crippen molar-refractivity contribution in [2.24, 2.45) is 0 Å². The number of hydrogen-bond donors (Lipinski definition) is 0. The van der Waals surface area contributed by atoms with Gasteiger partial charge in [-0.15, -0.1) is 0 Å². The first kappa shape index (κ1) is 14.5. The van der Waals surface area contributed by atoms with Crippen LogP contribution in [0.5, 0.6) is 0 Å². The summed E-state index contributed by atoms with van der Waals surface area (Å²) in [5, 5.41) is 0. The average Bonchev–Trinajstić information content (AvgIpc) is 2.67. The van der Waals surface area contributed by atoms with Crippen LogP contribution in [-0.2, 0) is 5.41 Å². The molecule has 0 fully saturated rings. The predicted octanol–water partition coefficient (Wildman–Crippen LogP) is 5.01. The van der Waals surface area contributed by atoms with E-state index in [0.29, 0.717) is 0 Å². The van der Waals surface area contributed by atoms with Gasteiger partial charge in [-0.3, -0.25) is 0 Å². The Morgan fingerprint density at radius 3 is 2.29 bits per heavy atom. The Bertz CT molecular complexity index is 736. The van der Waals surface area contributed by atoms with Gasteiger partial charge in [0.25, 0.3) is 0 Å². The van der Waals surface area contributed by atoms with Gasteiger partial charge in [-0.05, 0) is 60.2 Å². The van der Waals surface area contributed by atoms with Crippen LogP contribution < -0.4 is 0 Å². The molecule has 0 spiro atoms. The van der Waals surface area contributed by atoms with Gasteiger partial charge in [0.2, 0.25) is 5.69 Å². The van der Waals surface area contributed by atoms with E-state index in [2.05, 4.69) is 109 Å². The molecule has 1 aliphatic rings. The Labute approximate surface area is 140 Å². The fourth-order valence-corrected chi connectivity index (χ4v) is 3.41. The van der Waals surface area contributed by atoms with E-state index >= 15 is 0 Å². The maximum absolute atomic E-state index is 2.33. The number of benzene rings is 2. The lowest BCUT2D eigenvalue weighted by molar-refractivity contribution is -0.401. The number of fused-ring (bicyclic) bond motifs is 1. The molecule has 0 unspecified atom stereocenters. The van der Waals surface area contributed by atoms with Crippen molar-refractivity contribution < 1.29 is 4.58 Å². The second-order valence-electron chi connectivity index (χ2n) is 5.97. The van der Waals surface area contributed by atoms with Crippen molar-refractivity contribution in [3.05, 3.63) is 69.3 Å². The molecule has 0 amide bonds. The van der Waals surface area contributed by atoms with Gasteiger partial charge in [0.05, 0.1) is 5.41 Å². The van der Waals surface area contributed by atoms with Crippen LogP contribution in [0.3, 0.4) is 0 Å². The highest BCUT2D eigenvalue weighted by molar-refractivity contribution is 14.1. The van der Waals surface area contributed by atoms with E-state index in [0.717, 1.165) is 0 Å². The summed E-state index contributed by atoms with van der Waals surface area (Å²) < 4.78 is 3.57. The van der Waals surface area contributed by atoms with E-state index < -0.39 is 0 Å². The molecule has 0 aromatic heterocycles. The molecule has 3 rings (SSSR count). The Balaban J connectivity index is 2.00. The van der Waals surface area contributed by atoms with E-state index in [-0.39, 0.29) is 5.41 Å². The third-order valence-electron chi connectivity index (χ3n) is 4.24. The van der Waals surface area contributed by atoms with Gasteiger partial charge in [-0.1, -0.05) is 30.3 Å². The number of hydrogen-bond acceptors (Lipinski definition) is 0. The Hall–Kier alpha value is -1.42. The molecular weight excluding hydrogens is 369 g/mol. The fourth-order valence-electron chi connectivity index (χ4n) is 3.05. The minimum absolute atomic E-state index is 0.0467. The molecule has 1 heterocycles. The lowest BCUT2D eigenvalue weighted by Gasteiger charge is -2.15. The number of halogens is 1. The average molecular weight is 388 g/mol. The molecule has 1 aliphatic heterocycles. The van der Waals surface area contributed by atoms with Gasteiger partial charge < -0.3 is 0 Å². The molecular formula is C19H19IN+. The largest absolute Gasteiger partial charge is 0.209 e. The third kappa shape index (κ3) is 2.57. The van der Waals surface area contributed by atoms with Crippen LogP contribution in [0.2, 0.25) is 0 Å². The van der Waals surface area contributed by atoms with Crippen LogP contribution in [0.4, 0.5) is 5.69 Å². The highest BCUT2D eigenvalue weighted by atomic mass is 127. The summed E-state index contributed by atoms with van der Waals surface area (Å²) in [5.41, 5.74) is 5.33. The summed E-state index contributed by atoms with van der Waals surface area (Å²) in [4.78, 5) is 0. The minimum Gasteiger partial charge on any atom is -0.198 e. The summed E-state index contributed by atoms with van der Waals surface area (Å²) in [6.45, 7) is 4.59. The van der Waals surface area contributed by atoms with E-state index in [9.17, 15) is 0 Å². The molecule has 0 radical (unpaired) electrons. The lowest BCUT2D eigenvalue weighted by atomic mass is 9.81. The number of para-hydroxylation sites is 1. The zero-order chi connectivity index (χ0) is 15.0. The zero-order valence-electron chi connectivity index (χ0n) is 12.6. The summed E-state index contributed by atoms with van der Waals surface area (Å²) in [6, 6.07) is 17.3. The van der Waals surface area contributed by atoms with Crippen LogP contribution in [0, 0.1) is 3.57 Å². The summed E-state index contributed by atoms with van der Waals surface area (Å²) in [5.74, 6) is 0. The highest BCUT2D eigenvalue weighted by Gasteiger charge is 2.42. The van der Waals surface area contributed by atoms with Crippen molar-refractivity contribution in [1.29, 1.82) is 0 Å². The molecule has 21 heavy (non-hydrogen) atoms. The molecule has 0 saturated heterocycles. The van der Waals surface area contributed by atoms with Crippen molar-refractivity contribution in [3.63, 3.8) is 0 Å². The van der Waals surface area contributed by atoms with Crippen molar-refractivity contribution in [3.8, 4) is 0 Å². The first-order chi connectivity index (χ1) is 10.00. The van der Waals surface area contributed by atoms with Gasteiger partial charge in [0.15, 0.2) is 5.71 Å². The van der Waals surface area contributed by atoms with Gasteiger partial charge >= 0.3 is 0 Å². The Morgan fingerprint density at radius 1 is 0.952 bits per heavy atom. The van der Waals surface area contributed by atoms with Crippen LogP contribution in [-0.4, -0.2) is 17.3 Å². The molecule has 2 aromatic carbocycles. The van der Waals surface area contributed by atoms with Crippen LogP contribution in [0.25, 0.3) is 6.08 Å². The van der Waals surface area contributed by atoms with Gasteiger partial charge in [-0.25, -0.2) is 0 Å². The van der Waals surface area contributed by atoms with Crippen molar-refractivity contribution in [1.82, 2.24) is 0 Å². The Kier molecular flexibility index (Phi) is 3.74. The van der Waals surface area contributed by atoms with E-state index in [1.807, 2.05) is 0 Å². The Morgan fingerprint density at radius 2 is 1.62 bits per heavy atom. The van der Waals surface area contributed by atoms with Gasteiger partial charge in [0.1, 0.15) is 7.05 Å². The normalized spacial score (nSPS) is 16.6. The van der Waals surface area contributed by atoms with Crippen LogP contribution in [0.1, 0.15) is 25.0 Å². The standard InChI is InChI=1S/C19H19IN/c1-19(2)16-6-4-5-7-17(16)21(3)18(19)13-10-14-8-11-15(20)12-9-14/h4-13H,1-3H3/q+1/b13-10-. The van der Waals surface area contributed by atoms with Crippen molar-refractivity contribution in [2.75, 3.05) is 7.05 Å². The SMILES string of the molecule is C[N+]1=C(/C=C\c2ccc(I)cc2)C(C)(C)c2ccccc21.